The lowest BCUT2D eigenvalue weighted by Crippen LogP contribution is -2.40. The van der Waals surface area contributed by atoms with E-state index in [9.17, 15) is 18.0 Å². The Balaban J connectivity index is 1.55. The third kappa shape index (κ3) is 4.23. The highest BCUT2D eigenvalue weighted by Gasteiger charge is 2.33. The summed E-state index contributed by atoms with van der Waals surface area (Å²) in [6.07, 6.45) is 4.84. The Morgan fingerprint density at radius 2 is 2.04 bits per heavy atom. The van der Waals surface area contributed by atoms with Gasteiger partial charge in [0.2, 0.25) is 15.8 Å². The molecule has 0 bridgehead atoms. The van der Waals surface area contributed by atoms with E-state index in [1.807, 2.05) is 0 Å². The van der Waals surface area contributed by atoms with Gasteiger partial charge in [0.05, 0.1) is 19.3 Å². The second kappa shape index (κ2) is 8.53. The highest BCUT2D eigenvalue weighted by molar-refractivity contribution is 7.89. The predicted molar refractivity (Wildman–Crippen MR) is 95.6 cm³/mol. The Labute approximate surface area is 162 Å². The molecule has 3 rings (SSSR count). The summed E-state index contributed by atoms with van der Waals surface area (Å²) in [6.45, 7) is 0.320. The number of rotatable bonds is 6. The van der Waals surface area contributed by atoms with E-state index in [-0.39, 0.29) is 30.4 Å². The average molecular weight is 408 g/mol. The maximum atomic E-state index is 12.6. The molecule has 2 aromatic heterocycles. The molecule has 0 amide bonds. The molecular formula is C18H20N2O7S. The number of carbonyl (C=O) groups excluding carboxylic acids is 2. The van der Waals surface area contributed by atoms with Gasteiger partial charge in [-0.3, -0.25) is 9.78 Å². The summed E-state index contributed by atoms with van der Waals surface area (Å²) in [5.41, 5.74) is 0.414. The second-order valence-electron chi connectivity index (χ2n) is 6.24. The van der Waals surface area contributed by atoms with Crippen LogP contribution in [-0.4, -0.2) is 49.8 Å². The van der Waals surface area contributed by atoms with Crippen LogP contribution >= 0.6 is 0 Å². The van der Waals surface area contributed by atoms with Crippen molar-refractivity contribution in [1.29, 1.82) is 0 Å². The molecule has 9 nitrogen and oxygen atoms in total. The predicted octanol–water partition coefficient (Wildman–Crippen LogP) is 1.61. The van der Waals surface area contributed by atoms with Gasteiger partial charge in [-0.05, 0) is 31.0 Å². The molecule has 1 aliphatic heterocycles. The number of ether oxygens (including phenoxy) is 2. The molecule has 0 unspecified atom stereocenters. The van der Waals surface area contributed by atoms with Crippen LogP contribution in [0.15, 0.2) is 46.2 Å². The molecule has 1 fully saturated rings. The van der Waals surface area contributed by atoms with Crippen LogP contribution in [0, 0.1) is 5.92 Å². The standard InChI is InChI=1S/C18H20N2O7S/c1-25-18(22)16-14(6-10-26-16)12-27-17(21)13-4-8-20(9-5-13)28(23,24)15-3-2-7-19-11-15/h2-3,6-7,10-11,13H,4-5,8-9,12H2,1H3. The Morgan fingerprint density at radius 1 is 1.29 bits per heavy atom. The molecule has 0 atom stereocenters. The summed E-state index contributed by atoms with van der Waals surface area (Å²) in [5, 5.41) is 0. The van der Waals surface area contributed by atoms with Crippen molar-refractivity contribution in [2.24, 2.45) is 5.92 Å². The molecule has 0 radical (unpaired) electrons. The van der Waals surface area contributed by atoms with Crippen molar-refractivity contribution in [3.05, 3.63) is 48.2 Å². The van der Waals surface area contributed by atoms with Crippen LogP contribution in [-0.2, 0) is 30.9 Å². The Morgan fingerprint density at radius 3 is 2.68 bits per heavy atom. The van der Waals surface area contributed by atoms with Crippen LogP contribution in [0.4, 0.5) is 0 Å². The highest BCUT2D eigenvalue weighted by Crippen LogP contribution is 2.25. The molecule has 1 saturated heterocycles. The van der Waals surface area contributed by atoms with Gasteiger partial charge in [-0.25, -0.2) is 13.2 Å². The molecule has 0 saturated carbocycles. The Hall–Kier alpha value is -2.72. The van der Waals surface area contributed by atoms with Crippen LogP contribution in [0.3, 0.4) is 0 Å². The minimum Gasteiger partial charge on any atom is -0.463 e. The van der Waals surface area contributed by atoms with Gasteiger partial charge in [-0.1, -0.05) is 0 Å². The summed E-state index contributed by atoms with van der Waals surface area (Å²) in [5.74, 6) is -1.50. The van der Waals surface area contributed by atoms with Crippen molar-refractivity contribution in [3.63, 3.8) is 0 Å². The Bertz CT molecular complexity index is 932. The first kappa shape index (κ1) is 20.0. The van der Waals surface area contributed by atoms with Gasteiger partial charge in [0.25, 0.3) is 0 Å². The molecule has 10 heteroatoms. The lowest BCUT2D eigenvalue weighted by Gasteiger charge is -2.30. The molecule has 0 N–H and O–H groups in total. The van der Waals surface area contributed by atoms with E-state index in [1.165, 1.54) is 42.2 Å². The number of methoxy groups -OCH3 is 1. The maximum Gasteiger partial charge on any atom is 0.374 e. The van der Waals surface area contributed by atoms with E-state index >= 15 is 0 Å². The fourth-order valence-corrected chi connectivity index (χ4v) is 4.40. The van der Waals surface area contributed by atoms with Gasteiger partial charge in [-0.15, -0.1) is 0 Å². The van der Waals surface area contributed by atoms with Crippen LogP contribution < -0.4 is 0 Å². The lowest BCUT2D eigenvalue weighted by atomic mass is 9.98. The highest BCUT2D eigenvalue weighted by atomic mass is 32.2. The largest absolute Gasteiger partial charge is 0.463 e. The van der Waals surface area contributed by atoms with E-state index in [2.05, 4.69) is 9.72 Å². The topological polar surface area (TPSA) is 116 Å². The summed E-state index contributed by atoms with van der Waals surface area (Å²) in [7, 11) is -2.39. The number of carbonyl (C=O) groups is 2. The number of esters is 2. The third-order valence-corrected chi connectivity index (χ3v) is 6.43. The molecule has 1 aliphatic rings. The van der Waals surface area contributed by atoms with Crippen LogP contribution in [0.2, 0.25) is 0 Å². The van der Waals surface area contributed by atoms with Gasteiger partial charge in [0.15, 0.2) is 0 Å². The van der Waals surface area contributed by atoms with Crippen molar-refractivity contribution < 1.29 is 31.9 Å². The first-order chi connectivity index (χ1) is 13.4. The lowest BCUT2D eigenvalue weighted by molar-refractivity contribution is -0.151. The number of aromatic nitrogens is 1. The SMILES string of the molecule is COC(=O)c1occc1COC(=O)C1CCN(S(=O)(=O)c2cccnc2)CC1. The average Bonchev–Trinajstić information content (AvgIpc) is 3.21. The van der Waals surface area contributed by atoms with Crippen molar-refractivity contribution in [2.75, 3.05) is 20.2 Å². The second-order valence-corrected chi connectivity index (χ2v) is 8.18. The summed E-state index contributed by atoms with van der Waals surface area (Å²) >= 11 is 0. The fourth-order valence-electron chi connectivity index (χ4n) is 2.97. The van der Waals surface area contributed by atoms with Crippen LogP contribution in [0.1, 0.15) is 29.0 Å². The zero-order chi connectivity index (χ0) is 20.1. The summed E-state index contributed by atoms with van der Waals surface area (Å²) < 4.78 is 41.5. The molecule has 0 aliphatic carbocycles. The van der Waals surface area contributed by atoms with Gasteiger partial charge < -0.3 is 13.9 Å². The molecule has 28 heavy (non-hydrogen) atoms. The van der Waals surface area contributed by atoms with Crippen LogP contribution in [0.5, 0.6) is 0 Å². The number of pyridine rings is 1. The molecule has 3 heterocycles. The van der Waals surface area contributed by atoms with Crippen molar-refractivity contribution in [2.45, 2.75) is 24.3 Å². The molecule has 0 spiro atoms. The number of hydrogen-bond donors (Lipinski definition) is 0. The molecule has 2 aromatic rings. The van der Waals surface area contributed by atoms with E-state index in [4.69, 9.17) is 9.15 Å². The number of furan rings is 1. The minimum atomic E-state index is -3.62. The van der Waals surface area contributed by atoms with E-state index in [0.29, 0.717) is 18.4 Å². The van der Waals surface area contributed by atoms with Crippen LogP contribution in [0.25, 0.3) is 0 Å². The zero-order valence-electron chi connectivity index (χ0n) is 15.2. The monoisotopic (exact) mass is 408 g/mol. The number of hydrogen-bond acceptors (Lipinski definition) is 8. The quantitative estimate of drug-likeness (QED) is 0.662. The zero-order valence-corrected chi connectivity index (χ0v) is 16.1. The first-order valence-electron chi connectivity index (χ1n) is 8.65. The molecule has 150 valence electrons. The van der Waals surface area contributed by atoms with Crippen molar-refractivity contribution in [3.8, 4) is 0 Å². The number of piperidine rings is 1. The number of nitrogens with zero attached hydrogens (tertiary/aromatic N) is 2. The van der Waals surface area contributed by atoms with Gasteiger partial charge in [-0.2, -0.15) is 4.31 Å². The van der Waals surface area contributed by atoms with E-state index < -0.39 is 27.9 Å². The van der Waals surface area contributed by atoms with Gasteiger partial charge >= 0.3 is 11.9 Å². The van der Waals surface area contributed by atoms with Gasteiger partial charge in [0.1, 0.15) is 11.5 Å². The normalized spacial score (nSPS) is 15.9. The van der Waals surface area contributed by atoms with Crippen molar-refractivity contribution in [1.82, 2.24) is 9.29 Å². The third-order valence-electron chi connectivity index (χ3n) is 4.55. The van der Waals surface area contributed by atoms with E-state index in [0.717, 1.165) is 0 Å². The molecule has 0 aromatic carbocycles. The van der Waals surface area contributed by atoms with Crippen molar-refractivity contribution >= 4 is 22.0 Å². The van der Waals surface area contributed by atoms with Gasteiger partial charge in [0, 0.05) is 31.0 Å². The fraction of sp³-hybridized carbons (Fsp3) is 0.389. The smallest absolute Gasteiger partial charge is 0.374 e. The maximum absolute atomic E-state index is 12.6. The summed E-state index contributed by atoms with van der Waals surface area (Å²) in [6, 6.07) is 4.59. The minimum absolute atomic E-state index is 0.00677. The number of sulfonamides is 1. The van der Waals surface area contributed by atoms with E-state index in [1.54, 1.807) is 6.07 Å². The first-order valence-corrected chi connectivity index (χ1v) is 10.1. The Kier molecular flexibility index (Phi) is 6.10. The molecular weight excluding hydrogens is 388 g/mol. The summed E-state index contributed by atoms with van der Waals surface area (Å²) in [4.78, 5) is 27.9.